The van der Waals surface area contributed by atoms with Crippen molar-refractivity contribution in [2.75, 3.05) is 31.5 Å². The number of carbonyl (C=O) groups is 4. The molecular formula is C33H32Cl2IN5O5. The van der Waals surface area contributed by atoms with E-state index in [1.54, 1.807) is 17.0 Å². The lowest BCUT2D eigenvalue weighted by Crippen LogP contribution is -2.59. The highest BCUT2D eigenvalue weighted by Gasteiger charge is 2.62. The summed E-state index contributed by atoms with van der Waals surface area (Å²) in [7, 11) is 0. The van der Waals surface area contributed by atoms with E-state index in [1.165, 1.54) is 4.90 Å². The summed E-state index contributed by atoms with van der Waals surface area (Å²) in [5, 5.41) is 10.1. The van der Waals surface area contributed by atoms with Gasteiger partial charge in [0.15, 0.2) is 0 Å². The zero-order chi connectivity index (χ0) is 32.2. The van der Waals surface area contributed by atoms with Crippen LogP contribution >= 0.6 is 45.8 Å². The summed E-state index contributed by atoms with van der Waals surface area (Å²) in [6.07, 6.45) is 7.37. The van der Waals surface area contributed by atoms with Crippen LogP contribution in [0.3, 0.4) is 0 Å². The Bertz CT molecular complexity index is 1690. The minimum absolute atomic E-state index is 0.146. The average molecular weight is 776 g/mol. The van der Waals surface area contributed by atoms with Crippen LogP contribution in [0, 0.1) is 15.4 Å². The van der Waals surface area contributed by atoms with Gasteiger partial charge in [0, 0.05) is 70.3 Å². The zero-order valence-corrected chi connectivity index (χ0v) is 28.4. The van der Waals surface area contributed by atoms with Crippen molar-refractivity contribution in [1.29, 1.82) is 0 Å². The topological polar surface area (TPSA) is 120 Å². The van der Waals surface area contributed by atoms with Gasteiger partial charge in [0.1, 0.15) is 17.3 Å². The Morgan fingerprint density at radius 3 is 2.57 bits per heavy atom. The number of hydrogen-bond donors (Lipinski definition) is 3. The normalized spacial score (nSPS) is 27.7. The summed E-state index contributed by atoms with van der Waals surface area (Å²) in [6, 6.07) is 9.82. The molecule has 240 valence electrons. The second kappa shape index (κ2) is 12.4. The van der Waals surface area contributed by atoms with Gasteiger partial charge in [-0.05, 0) is 82.8 Å². The lowest BCUT2D eigenvalue weighted by Gasteiger charge is -2.49. The highest BCUT2D eigenvalue weighted by atomic mass is 127. The van der Waals surface area contributed by atoms with Crippen molar-refractivity contribution in [3.8, 4) is 5.75 Å². The van der Waals surface area contributed by atoms with E-state index in [1.807, 2.05) is 42.5 Å². The van der Waals surface area contributed by atoms with Gasteiger partial charge in [0.05, 0.1) is 6.04 Å². The van der Waals surface area contributed by atoms with Crippen LogP contribution in [0.25, 0.3) is 0 Å². The van der Waals surface area contributed by atoms with Gasteiger partial charge in [-0.2, -0.15) is 0 Å². The summed E-state index contributed by atoms with van der Waals surface area (Å²) < 4.78 is 7.59. The molecule has 0 bridgehead atoms. The SMILES string of the molecule is O=C1C[C@@H](C2C=CC=C(Cl)C2)[C@]2(C(=O)Nc3cc(Cl)ccc32)[C@@H](c2cc(I)ccc2OC2CCN(C(=O)N3CCNC3=O)CC2)N1. The molecule has 2 aromatic carbocycles. The van der Waals surface area contributed by atoms with Gasteiger partial charge >= 0.3 is 12.1 Å². The number of benzene rings is 2. The maximum Gasteiger partial charge on any atom is 0.328 e. The quantitative estimate of drug-likeness (QED) is 0.345. The summed E-state index contributed by atoms with van der Waals surface area (Å²) >= 11 is 15.1. The van der Waals surface area contributed by atoms with Crippen LogP contribution < -0.4 is 20.7 Å². The molecule has 0 radical (unpaired) electrons. The third-order valence-corrected chi connectivity index (χ3v) is 10.9. The second-order valence-electron chi connectivity index (χ2n) is 12.3. The van der Waals surface area contributed by atoms with Gasteiger partial charge in [-0.25, -0.2) is 14.5 Å². The number of allylic oxidation sites excluding steroid dienone is 4. The molecule has 3 N–H and O–H groups in total. The summed E-state index contributed by atoms with van der Waals surface area (Å²) in [5.74, 6) is -0.360. The highest BCUT2D eigenvalue weighted by molar-refractivity contribution is 14.1. The van der Waals surface area contributed by atoms with Gasteiger partial charge in [0.2, 0.25) is 11.8 Å². The maximum atomic E-state index is 14.5. The van der Waals surface area contributed by atoms with Crippen LogP contribution in [-0.4, -0.2) is 66.0 Å². The fraction of sp³-hybridized carbons (Fsp3) is 0.394. The van der Waals surface area contributed by atoms with E-state index in [2.05, 4.69) is 38.5 Å². The van der Waals surface area contributed by atoms with E-state index in [-0.39, 0.29) is 42.3 Å². The number of nitrogens with zero attached hydrogens (tertiary/aromatic N) is 2. The van der Waals surface area contributed by atoms with E-state index in [0.29, 0.717) is 72.5 Å². The molecule has 3 saturated heterocycles. The minimum Gasteiger partial charge on any atom is -0.490 e. The zero-order valence-electron chi connectivity index (χ0n) is 24.7. The lowest BCUT2D eigenvalue weighted by molar-refractivity contribution is -0.135. The number of nitrogens with one attached hydrogen (secondary N) is 3. The molecular weight excluding hydrogens is 744 g/mol. The van der Waals surface area contributed by atoms with Gasteiger partial charge in [0.25, 0.3) is 0 Å². The standard InChI is InChI=1S/C33H32Cl2IN5O5/c34-19-3-1-2-18(14-19)25-17-28(42)39-29(33(25)24-6-4-20(35)15-26(24)38-30(33)43)23-16-21(36)5-7-27(23)46-22-8-11-40(12-9-22)32(45)41-13-10-37-31(41)44/h1-7,15-16,18,22,25,29H,8-14,17H2,(H,37,44)(H,38,43)(H,39,42)/t18?,25-,29+,33-/m0/s1. The Morgan fingerprint density at radius 2 is 1.83 bits per heavy atom. The van der Waals surface area contributed by atoms with Gasteiger partial charge in [-0.1, -0.05) is 41.4 Å². The fourth-order valence-electron chi connectivity index (χ4n) is 7.67. The predicted octanol–water partition coefficient (Wildman–Crippen LogP) is 5.70. The van der Waals surface area contributed by atoms with E-state index in [4.69, 9.17) is 27.9 Å². The third kappa shape index (κ3) is 5.43. The van der Waals surface area contributed by atoms with Gasteiger partial charge in [-0.15, -0.1) is 0 Å². The first-order valence-corrected chi connectivity index (χ1v) is 17.2. The lowest BCUT2D eigenvalue weighted by atomic mass is 9.57. The monoisotopic (exact) mass is 775 g/mol. The average Bonchev–Trinajstić information content (AvgIpc) is 3.59. The van der Waals surface area contributed by atoms with E-state index in [0.717, 1.165) is 9.13 Å². The summed E-state index contributed by atoms with van der Waals surface area (Å²) in [6.45, 7) is 1.70. The Balaban J connectivity index is 1.24. The molecule has 6 amide bonds. The first-order valence-electron chi connectivity index (χ1n) is 15.4. The molecule has 10 nitrogen and oxygen atoms in total. The van der Waals surface area contributed by atoms with Crippen molar-refractivity contribution in [3.63, 3.8) is 0 Å². The number of urea groups is 2. The molecule has 2 aromatic rings. The number of ether oxygens (including phenoxy) is 1. The van der Waals surface area contributed by atoms with E-state index in [9.17, 15) is 19.2 Å². The molecule has 46 heavy (non-hydrogen) atoms. The molecule has 7 rings (SSSR count). The van der Waals surface area contributed by atoms with Crippen molar-refractivity contribution >= 4 is 75.4 Å². The Hall–Kier alpha value is -3.29. The minimum atomic E-state index is -1.17. The number of fused-ring (bicyclic) bond motifs is 2. The molecule has 1 spiro atoms. The molecule has 1 aliphatic carbocycles. The van der Waals surface area contributed by atoms with Crippen LogP contribution in [0.4, 0.5) is 15.3 Å². The van der Waals surface area contributed by atoms with E-state index < -0.39 is 17.4 Å². The number of rotatable bonds is 4. The molecule has 5 aliphatic rings. The van der Waals surface area contributed by atoms with Crippen LogP contribution in [0.2, 0.25) is 5.02 Å². The predicted molar refractivity (Wildman–Crippen MR) is 182 cm³/mol. The fourth-order valence-corrected chi connectivity index (χ4v) is 8.60. The number of carbonyl (C=O) groups excluding carboxylic acids is 4. The number of halogens is 3. The number of hydrogen-bond acceptors (Lipinski definition) is 5. The molecule has 0 saturated carbocycles. The van der Waals surface area contributed by atoms with Crippen LogP contribution in [0.15, 0.2) is 59.7 Å². The number of amides is 6. The number of likely N-dealkylation sites (tertiary alicyclic amines) is 1. The number of imide groups is 1. The first-order chi connectivity index (χ1) is 22.1. The van der Waals surface area contributed by atoms with Crippen molar-refractivity contribution in [2.24, 2.45) is 11.8 Å². The molecule has 4 atom stereocenters. The molecule has 3 fully saturated rings. The molecule has 1 unspecified atom stereocenters. The van der Waals surface area contributed by atoms with Gasteiger partial charge < -0.3 is 25.6 Å². The van der Waals surface area contributed by atoms with Crippen LogP contribution in [0.5, 0.6) is 5.75 Å². The largest absolute Gasteiger partial charge is 0.490 e. The smallest absolute Gasteiger partial charge is 0.328 e. The molecule has 4 aliphatic heterocycles. The van der Waals surface area contributed by atoms with Crippen molar-refractivity contribution in [2.45, 2.75) is 43.2 Å². The second-order valence-corrected chi connectivity index (χ2v) is 14.5. The van der Waals surface area contributed by atoms with Crippen molar-refractivity contribution in [3.05, 3.63) is 79.4 Å². The Kier molecular flexibility index (Phi) is 8.43. The first kappa shape index (κ1) is 31.3. The summed E-state index contributed by atoms with van der Waals surface area (Å²) in [4.78, 5) is 55.9. The molecule has 0 aromatic heterocycles. The summed E-state index contributed by atoms with van der Waals surface area (Å²) in [5.41, 5.74) is 0.934. The van der Waals surface area contributed by atoms with Crippen molar-refractivity contribution < 1.29 is 23.9 Å². The van der Waals surface area contributed by atoms with Crippen LogP contribution in [-0.2, 0) is 15.0 Å². The highest BCUT2D eigenvalue weighted by Crippen LogP contribution is 2.58. The molecule has 13 heteroatoms. The van der Waals surface area contributed by atoms with Crippen LogP contribution in [0.1, 0.15) is 42.9 Å². The third-order valence-electron chi connectivity index (χ3n) is 9.76. The maximum absolute atomic E-state index is 14.5. The Morgan fingerprint density at radius 1 is 1.02 bits per heavy atom. The van der Waals surface area contributed by atoms with Gasteiger partial charge in [-0.3, -0.25) is 9.59 Å². The molecule has 4 heterocycles. The van der Waals surface area contributed by atoms with E-state index >= 15 is 0 Å². The number of piperidine rings is 2. The van der Waals surface area contributed by atoms with Crippen molar-refractivity contribution in [1.82, 2.24) is 20.4 Å². The Labute approximate surface area is 290 Å². The number of anilines is 1.